The summed E-state index contributed by atoms with van der Waals surface area (Å²) < 4.78 is 15.9. The molecule has 1 aromatic heterocycles. The quantitative estimate of drug-likeness (QED) is 0.855. The SMILES string of the molecule is O=C(c1nc2n(n1)[C@@H](c1ccccc1)C[C@H]2F)N1CC2CC2C1. The van der Waals surface area contributed by atoms with Crippen molar-refractivity contribution in [2.24, 2.45) is 11.8 Å². The van der Waals surface area contributed by atoms with Gasteiger partial charge in [0, 0.05) is 19.5 Å². The molecule has 0 N–H and O–H groups in total. The van der Waals surface area contributed by atoms with Crippen LogP contribution in [-0.2, 0) is 0 Å². The van der Waals surface area contributed by atoms with E-state index in [2.05, 4.69) is 10.1 Å². The van der Waals surface area contributed by atoms with Crippen LogP contribution in [0.15, 0.2) is 30.3 Å². The molecule has 5 nitrogen and oxygen atoms in total. The average molecular weight is 312 g/mol. The summed E-state index contributed by atoms with van der Waals surface area (Å²) in [7, 11) is 0. The van der Waals surface area contributed by atoms with Crippen LogP contribution in [0.2, 0.25) is 0 Å². The lowest BCUT2D eigenvalue weighted by Crippen LogP contribution is -2.31. The van der Waals surface area contributed by atoms with Crippen LogP contribution in [0.25, 0.3) is 0 Å². The van der Waals surface area contributed by atoms with E-state index in [1.807, 2.05) is 35.2 Å². The summed E-state index contributed by atoms with van der Waals surface area (Å²) in [6.45, 7) is 1.60. The van der Waals surface area contributed by atoms with Gasteiger partial charge in [-0.15, -0.1) is 5.10 Å². The fourth-order valence-electron chi connectivity index (χ4n) is 3.93. The maximum atomic E-state index is 14.3. The second-order valence-corrected chi connectivity index (χ2v) is 6.83. The van der Waals surface area contributed by atoms with Gasteiger partial charge in [-0.3, -0.25) is 4.79 Å². The van der Waals surface area contributed by atoms with E-state index in [1.165, 1.54) is 6.42 Å². The van der Waals surface area contributed by atoms with Crippen LogP contribution in [0, 0.1) is 11.8 Å². The zero-order valence-electron chi connectivity index (χ0n) is 12.6. The summed E-state index contributed by atoms with van der Waals surface area (Å²) >= 11 is 0. The summed E-state index contributed by atoms with van der Waals surface area (Å²) in [6, 6.07) is 9.54. The number of benzene rings is 1. The van der Waals surface area contributed by atoms with Crippen LogP contribution in [0.4, 0.5) is 4.39 Å². The number of likely N-dealkylation sites (tertiary alicyclic amines) is 1. The Kier molecular flexibility index (Phi) is 2.66. The summed E-state index contributed by atoms with van der Waals surface area (Å²) in [5.41, 5.74) is 1.00. The number of rotatable bonds is 2. The first kappa shape index (κ1) is 13.2. The second-order valence-electron chi connectivity index (χ2n) is 6.83. The third-order valence-electron chi connectivity index (χ3n) is 5.30. The van der Waals surface area contributed by atoms with Crippen molar-refractivity contribution in [1.29, 1.82) is 0 Å². The predicted molar refractivity (Wildman–Crippen MR) is 80.6 cm³/mol. The molecule has 2 aliphatic heterocycles. The molecule has 1 aliphatic carbocycles. The minimum atomic E-state index is -1.17. The Bertz CT molecular complexity index is 764. The first-order valence-corrected chi connectivity index (χ1v) is 8.15. The number of alkyl halides is 1. The molecule has 1 saturated heterocycles. The van der Waals surface area contributed by atoms with Crippen molar-refractivity contribution in [3.8, 4) is 0 Å². The molecule has 1 amide bonds. The van der Waals surface area contributed by atoms with Crippen molar-refractivity contribution in [3.05, 3.63) is 47.5 Å². The molecule has 118 valence electrons. The van der Waals surface area contributed by atoms with Gasteiger partial charge in [-0.05, 0) is 23.8 Å². The average Bonchev–Trinajstić information content (AvgIpc) is 2.94. The van der Waals surface area contributed by atoms with Gasteiger partial charge in [-0.25, -0.2) is 14.1 Å². The molecular weight excluding hydrogens is 295 g/mol. The van der Waals surface area contributed by atoms with E-state index >= 15 is 0 Å². The van der Waals surface area contributed by atoms with Gasteiger partial charge in [0.25, 0.3) is 5.91 Å². The molecule has 2 aromatic rings. The Morgan fingerprint density at radius 3 is 2.61 bits per heavy atom. The molecular formula is C17H17FN4O. The van der Waals surface area contributed by atoms with Gasteiger partial charge >= 0.3 is 0 Å². The normalized spacial score (nSPS) is 31.1. The van der Waals surface area contributed by atoms with Crippen molar-refractivity contribution >= 4 is 5.91 Å². The van der Waals surface area contributed by atoms with E-state index in [4.69, 9.17) is 0 Å². The molecule has 3 heterocycles. The summed E-state index contributed by atoms with van der Waals surface area (Å²) in [4.78, 5) is 18.6. The molecule has 0 spiro atoms. The number of halogens is 1. The first-order chi connectivity index (χ1) is 11.2. The number of nitrogens with zero attached hydrogens (tertiary/aromatic N) is 4. The van der Waals surface area contributed by atoms with Gasteiger partial charge in [-0.1, -0.05) is 30.3 Å². The molecule has 6 heteroatoms. The third kappa shape index (κ3) is 2.00. The molecule has 1 saturated carbocycles. The maximum absolute atomic E-state index is 14.3. The summed E-state index contributed by atoms with van der Waals surface area (Å²) in [5.74, 6) is 1.60. The molecule has 23 heavy (non-hydrogen) atoms. The molecule has 5 rings (SSSR count). The van der Waals surface area contributed by atoms with Crippen LogP contribution < -0.4 is 0 Å². The van der Waals surface area contributed by atoms with Crippen molar-refractivity contribution in [2.45, 2.75) is 25.1 Å². The number of piperidine rings is 1. The van der Waals surface area contributed by atoms with Gasteiger partial charge in [0.1, 0.15) is 0 Å². The van der Waals surface area contributed by atoms with Crippen LogP contribution in [0.5, 0.6) is 0 Å². The highest BCUT2D eigenvalue weighted by atomic mass is 19.1. The van der Waals surface area contributed by atoms with E-state index < -0.39 is 6.17 Å². The Morgan fingerprint density at radius 1 is 1.13 bits per heavy atom. The second kappa shape index (κ2) is 4.63. The molecule has 3 aliphatic rings. The van der Waals surface area contributed by atoms with E-state index in [1.54, 1.807) is 4.68 Å². The van der Waals surface area contributed by atoms with Gasteiger partial charge in [-0.2, -0.15) is 0 Å². The number of hydrogen-bond acceptors (Lipinski definition) is 3. The van der Waals surface area contributed by atoms with Gasteiger partial charge < -0.3 is 4.90 Å². The summed E-state index contributed by atoms with van der Waals surface area (Å²) in [5, 5.41) is 4.36. The number of aromatic nitrogens is 3. The first-order valence-electron chi connectivity index (χ1n) is 8.15. The van der Waals surface area contributed by atoms with Crippen molar-refractivity contribution in [2.75, 3.05) is 13.1 Å². The molecule has 1 aromatic carbocycles. The van der Waals surface area contributed by atoms with E-state index in [0.29, 0.717) is 18.3 Å². The zero-order chi connectivity index (χ0) is 15.6. The largest absolute Gasteiger partial charge is 0.335 e. The maximum Gasteiger partial charge on any atom is 0.293 e. The molecule has 4 atom stereocenters. The number of fused-ring (bicyclic) bond motifs is 2. The lowest BCUT2D eigenvalue weighted by Gasteiger charge is -2.16. The van der Waals surface area contributed by atoms with Crippen LogP contribution in [0.1, 0.15) is 47.1 Å². The smallest absolute Gasteiger partial charge is 0.293 e. The lowest BCUT2D eigenvalue weighted by atomic mass is 10.0. The monoisotopic (exact) mass is 312 g/mol. The van der Waals surface area contributed by atoms with Crippen molar-refractivity contribution in [1.82, 2.24) is 19.7 Å². The Balaban J connectivity index is 1.46. The number of carbonyl (C=O) groups excluding carboxylic acids is 1. The molecule has 0 radical (unpaired) electrons. The highest BCUT2D eigenvalue weighted by Gasteiger charge is 2.47. The number of amides is 1. The highest BCUT2D eigenvalue weighted by molar-refractivity contribution is 5.90. The molecule has 0 bridgehead atoms. The standard InChI is InChI=1S/C17H17FN4O/c18-13-7-14(10-4-2-1-3-5-10)22-16(13)19-15(20-22)17(23)21-8-11-6-12(11)9-21/h1-5,11-14H,6-9H2/t11?,12?,13-,14-/m1/s1. The zero-order valence-corrected chi connectivity index (χ0v) is 12.6. The minimum absolute atomic E-state index is 0.143. The van der Waals surface area contributed by atoms with Crippen LogP contribution in [0.3, 0.4) is 0 Å². The lowest BCUT2D eigenvalue weighted by molar-refractivity contribution is 0.0762. The van der Waals surface area contributed by atoms with Gasteiger partial charge in [0.05, 0.1) is 6.04 Å². The fourth-order valence-corrected chi connectivity index (χ4v) is 3.93. The number of carbonyl (C=O) groups is 1. The Morgan fingerprint density at radius 2 is 1.87 bits per heavy atom. The van der Waals surface area contributed by atoms with Crippen molar-refractivity contribution in [3.63, 3.8) is 0 Å². The van der Waals surface area contributed by atoms with E-state index in [-0.39, 0.29) is 23.6 Å². The Hall–Kier alpha value is -2.24. The van der Waals surface area contributed by atoms with Crippen molar-refractivity contribution < 1.29 is 9.18 Å². The third-order valence-corrected chi connectivity index (χ3v) is 5.30. The molecule has 2 fully saturated rings. The van der Waals surface area contributed by atoms with Gasteiger partial charge in [0.2, 0.25) is 5.82 Å². The Labute approximate surface area is 133 Å². The minimum Gasteiger partial charge on any atom is -0.335 e. The van der Waals surface area contributed by atoms with Crippen LogP contribution in [-0.4, -0.2) is 38.7 Å². The highest BCUT2D eigenvalue weighted by Crippen LogP contribution is 2.45. The van der Waals surface area contributed by atoms with Crippen LogP contribution >= 0.6 is 0 Å². The van der Waals surface area contributed by atoms with E-state index in [0.717, 1.165) is 18.7 Å². The summed E-state index contributed by atoms with van der Waals surface area (Å²) in [6.07, 6.45) is 0.405. The predicted octanol–water partition coefficient (Wildman–Crippen LogP) is 2.37. The topological polar surface area (TPSA) is 51.0 Å². The van der Waals surface area contributed by atoms with E-state index in [9.17, 15) is 9.18 Å². The fraction of sp³-hybridized carbons (Fsp3) is 0.471. The van der Waals surface area contributed by atoms with Gasteiger partial charge in [0.15, 0.2) is 12.0 Å². The number of hydrogen-bond donors (Lipinski definition) is 0. The molecule has 2 unspecified atom stereocenters.